The number of para-hydroxylation sites is 1. The third-order valence-corrected chi connectivity index (χ3v) is 9.12. The SMILES string of the molecule is c1ccc(-c2nc(-c3ccc4ccccc4c3)nc(-c3cccc4oc5ccc(-c6ccc7oc8ccccc8c7c6)cc5c34)n2)cc1. The first-order valence-electron chi connectivity index (χ1n) is 15.9. The van der Waals surface area contributed by atoms with Crippen molar-refractivity contribution >= 4 is 54.6 Å². The van der Waals surface area contributed by atoms with Crippen LogP contribution in [0.3, 0.4) is 0 Å². The highest BCUT2D eigenvalue weighted by Gasteiger charge is 2.19. The Morgan fingerprint density at radius 2 is 0.938 bits per heavy atom. The summed E-state index contributed by atoms with van der Waals surface area (Å²) in [6, 6.07) is 51.7. The van der Waals surface area contributed by atoms with E-state index in [-0.39, 0.29) is 0 Å². The van der Waals surface area contributed by atoms with E-state index in [4.69, 9.17) is 23.8 Å². The lowest BCUT2D eigenvalue weighted by Gasteiger charge is -2.10. The Hall–Kier alpha value is -6.59. The number of rotatable bonds is 4. The van der Waals surface area contributed by atoms with Crippen molar-refractivity contribution in [2.75, 3.05) is 0 Å². The zero-order chi connectivity index (χ0) is 31.6. The molecule has 0 bridgehead atoms. The second-order valence-electron chi connectivity index (χ2n) is 12.0. The summed E-state index contributed by atoms with van der Waals surface area (Å²) in [7, 11) is 0. The average molecular weight is 616 g/mol. The van der Waals surface area contributed by atoms with Crippen LogP contribution in [0.4, 0.5) is 0 Å². The minimum Gasteiger partial charge on any atom is -0.456 e. The smallest absolute Gasteiger partial charge is 0.164 e. The van der Waals surface area contributed by atoms with E-state index in [9.17, 15) is 0 Å². The summed E-state index contributed by atoms with van der Waals surface area (Å²) in [5, 5.41) is 6.49. The first kappa shape index (κ1) is 26.6. The Balaban J connectivity index is 1.18. The molecule has 0 radical (unpaired) electrons. The molecule has 0 aliphatic carbocycles. The summed E-state index contributed by atoms with van der Waals surface area (Å²) in [5.41, 5.74) is 8.30. The van der Waals surface area contributed by atoms with E-state index >= 15 is 0 Å². The molecular weight excluding hydrogens is 590 g/mol. The van der Waals surface area contributed by atoms with Crippen LogP contribution >= 0.6 is 0 Å². The molecule has 10 aromatic rings. The van der Waals surface area contributed by atoms with Crippen molar-refractivity contribution in [3.63, 3.8) is 0 Å². The van der Waals surface area contributed by atoms with Crippen LogP contribution in [0.5, 0.6) is 0 Å². The van der Waals surface area contributed by atoms with Gasteiger partial charge < -0.3 is 8.83 Å². The minimum atomic E-state index is 0.594. The highest BCUT2D eigenvalue weighted by Crippen LogP contribution is 2.39. The van der Waals surface area contributed by atoms with Gasteiger partial charge in [-0.15, -0.1) is 0 Å². The van der Waals surface area contributed by atoms with Crippen LogP contribution in [-0.2, 0) is 0 Å². The standard InChI is InChI=1S/C43H25N3O2/c1-2-10-27(11-3-1)41-44-42(31-18-17-26-9-4-5-12-28(26)23-31)46-43(45-41)33-14-8-16-39-40(33)35-25-30(20-22-38(35)48-39)29-19-21-37-34(24-29)32-13-6-7-15-36(32)47-37/h1-25H. The first-order valence-corrected chi connectivity index (χ1v) is 15.9. The van der Waals surface area contributed by atoms with E-state index in [1.165, 1.54) is 5.39 Å². The normalized spacial score (nSPS) is 11.8. The molecule has 10 rings (SSSR count). The number of hydrogen-bond donors (Lipinski definition) is 0. The van der Waals surface area contributed by atoms with Crippen molar-refractivity contribution in [2.24, 2.45) is 0 Å². The highest BCUT2D eigenvalue weighted by atomic mass is 16.3. The molecule has 0 atom stereocenters. The van der Waals surface area contributed by atoms with Crippen molar-refractivity contribution in [3.05, 3.63) is 152 Å². The fraction of sp³-hybridized carbons (Fsp3) is 0. The van der Waals surface area contributed by atoms with Crippen LogP contribution in [0.25, 0.3) is 99.9 Å². The van der Waals surface area contributed by atoms with Crippen molar-refractivity contribution < 1.29 is 8.83 Å². The lowest BCUT2D eigenvalue weighted by atomic mass is 9.99. The molecule has 5 nitrogen and oxygen atoms in total. The molecule has 0 N–H and O–H groups in total. The van der Waals surface area contributed by atoms with Crippen LogP contribution in [0.15, 0.2) is 160 Å². The van der Waals surface area contributed by atoms with Gasteiger partial charge in [-0.2, -0.15) is 0 Å². The van der Waals surface area contributed by atoms with Crippen LogP contribution in [0.1, 0.15) is 0 Å². The molecule has 0 aliphatic rings. The molecule has 0 spiro atoms. The molecule has 224 valence electrons. The molecule has 3 heterocycles. The largest absolute Gasteiger partial charge is 0.456 e. The Bertz CT molecular complexity index is 2850. The molecule has 0 amide bonds. The highest BCUT2D eigenvalue weighted by molar-refractivity contribution is 6.13. The molecular formula is C43H25N3O2. The van der Waals surface area contributed by atoms with Gasteiger partial charge in [-0.3, -0.25) is 0 Å². The summed E-state index contributed by atoms with van der Waals surface area (Å²) >= 11 is 0. The first-order chi connectivity index (χ1) is 23.7. The van der Waals surface area contributed by atoms with Crippen molar-refractivity contribution in [2.45, 2.75) is 0 Å². The number of benzene rings is 7. The third kappa shape index (κ3) is 4.29. The van der Waals surface area contributed by atoms with Crippen LogP contribution in [-0.4, -0.2) is 15.0 Å². The van der Waals surface area contributed by atoms with Crippen molar-refractivity contribution in [1.82, 2.24) is 15.0 Å². The van der Waals surface area contributed by atoms with E-state index in [1.54, 1.807) is 0 Å². The predicted molar refractivity (Wildman–Crippen MR) is 194 cm³/mol. The number of aromatic nitrogens is 3. The quantitative estimate of drug-likeness (QED) is 0.197. The topological polar surface area (TPSA) is 65.0 Å². The molecule has 7 aromatic carbocycles. The van der Waals surface area contributed by atoms with Crippen molar-refractivity contribution in [3.8, 4) is 45.3 Å². The second kappa shape index (κ2) is 10.5. The van der Waals surface area contributed by atoms with Gasteiger partial charge in [0.15, 0.2) is 17.5 Å². The number of hydrogen-bond acceptors (Lipinski definition) is 5. The molecule has 0 saturated heterocycles. The Morgan fingerprint density at radius 1 is 0.333 bits per heavy atom. The van der Waals surface area contributed by atoms with E-state index in [0.717, 1.165) is 77.1 Å². The Labute approximate surface area is 274 Å². The predicted octanol–water partition coefficient (Wildman–Crippen LogP) is 11.5. The van der Waals surface area contributed by atoms with Crippen LogP contribution < -0.4 is 0 Å². The maximum atomic E-state index is 6.41. The summed E-state index contributed by atoms with van der Waals surface area (Å²) in [6.45, 7) is 0. The van der Waals surface area contributed by atoms with E-state index in [1.807, 2.05) is 60.7 Å². The Kier molecular flexibility index (Phi) is 5.81. The molecule has 0 unspecified atom stereocenters. The second-order valence-corrected chi connectivity index (χ2v) is 12.0. The van der Waals surface area contributed by atoms with Gasteiger partial charge in [0.05, 0.1) is 0 Å². The molecule has 0 fully saturated rings. The lowest BCUT2D eigenvalue weighted by Crippen LogP contribution is -2.00. The number of fused-ring (bicyclic) bond motifs is 7. The fourth-order valence-electron chi connectivity index (χ4n) is 6.77. The van der Waals surface area contributed by atoms with Gasteiger partial charge in [-0.1, -0.05) is 109 Å². The summed E-state index contributed by atoms with van der Waals surface area (Å²) in [5.74, 6) is 1.84. The zero-order valence-corrected chi connectivity index (χ0v) is 25.6. The lowest BCUT2D eigenvalue weighted by molar-refractivity contribution is 0.668. The van der Waals surface area contributed by atoms with Gasteiger partial charge in [0, 0.05) is 38.2 Å². The number of nitrogens with zero attached hydrogens (tertiary/aromatic N) is 3. The third-order valence-electron chi connectivity index (χ3n) is 9.12. The van der Waals surface area contributed by atoms with E-state index < -0.39 is 0 Å². The molecule has 48 heavy (non-hydrogen) atoms. The average Bonchev–Trinajstić information content (AvgIpc) is 3.72. The summed E-state index contributed by atoms with van der Waals surface area (Å²) in [6.07, 6.45) is 0. The number of furan rings is 2. The Morgan fingerprint density at radius 3 is 1.79 bits per heavy atom. The van der Waals surface area contributed by atoms with Gasteiger partial charge in [0.2, 0.25) is 0 Å². The van der Waals surface area contributed by atoms with E-state index in [2.05, 4.69) is 91.0 Å². The monoisotopic (exact) mass is 615 g/mol. The fourth-order valence-corrected chi connectivity index (χ4v) is 6.77. The van der Waals surface area contributed by atoms with E-state index in [0.29, 0.717) is 17.5 Å². The van der Waals surface area contributed by atoms with Crippen LogP contribution in [0.2, 0.25) is 0 Å². The van der Waals surface area contributed by atoms with Crippen LogP contribution in [0, 0.1) is 0 Å². The van der Waals surface area contributed by atoms with Crippen molar-refractivity contribution in [1.29, 1.82) is 0 Å². The van der Waals surface area contributed by atoms with Gasteiger partial charge in [0.25, 0.3) is 0 Å². The van der Waals surface area contributed by atoms with Gasteiger partial charge in [-0.25, -0.2) is 15.0 Å². The van der Waals surface area contributed by atoms with Gasteiger partial charge in [-0.05, 0) is 64.4 Å². The molecule has 3 aromatic heterocycles. The molecule has 0 saturated carbocycles. The maximum absolute atomic E-state index is 6.41. The summed E-state index contributed by atoms with van der Waals surface area (Å²) in [4.78, 5) is 15.1. The molecule has 5 heteroatoms. The summed E-state index contributed by atoms with van der Waals surface area (Å²) < 4.78 is 12.5. The minimum absolute atomic E-state index is 0.594. The maximum Gasteiger partial charge on any atom is 0.164 e. The zero-order valence-electron chi connectivity index (χ0n) is 25.6. The molecule has 0 aliphatic heterocycles. The van der Waals surface area contributed by atoms with Gasteiger partial charge in [0.1, 0.15) is 22.3 Å². The van der Waals surface area contributed by atoms with Gasteiger partial charge >= 0.3 is 0 Å².